The number of aryl methyl sites for hydroxylation is 1. The van der Waals surface area contributed by atoms with Crippen LogP contribution in [0.3, 0.4) is 0 Å². The zero-order chi connectivity index (χ0) is 24.5. The van der Waals surface area contributed by atoms with Crippen LogP contribution in [0.15, 0.2) is 78.5 Å². The first-order valence-electron chi connectivity index (χ1n) is 10.6. The van der Waals surface area contributed by atoms with Crippen molar-refractivity contribution in [1.82, 2.24) is 0 Å². The van der Waals surface area contributed by atoms with E-state index in [4.69, 9.17) is 4.74 Å². The Morgan fingerprint density at radius 3 is 2.26 bits per heavy atom. The van der Waals surface area contributed by atoms with Crippen molar-refractivity contribution in [2.24, 2.45) is 0 Å². The molecule has 0 spiro atoms. The molecule has 8 heteroatoms. The van der Waals surface area contributed by atoms with E-state index in [1.54, 1.807) is 55.5 Å². The highest BCUT2D eigenvalue weighted by Crippen LogP contribution is 2.36. The first-order valence-corrected chi connectivity index (χ1v) is 10.6. The van der Waals surface area contributed by atoms with Gasteiger partial charge in [-0.1, -0.05) is 36.4 Å². The summed E-state index contributed by atoms with van der Waals surface area (Å²) < 4.78 is 45.1. The number of benzene rings is 3. The third-order valence-electron chi connectivity index (χ3n) is 5.35. The summed E-state index contributed by atoms with van der Waals surface area (Å²) in [7, 11) is 0. The minimum absolute atomic E-state index is 0.0426. The van der Waals surface area contributed by atoms with Crippen LogP contribution < -0.4 is 15.0 Å². The van der Waals surface area contributed by atoms with Crippen molar-refractivity contribution in [1.29, 1.82) is 0 Å². The lowest BCUT2D eigenvalue weighted by Gasteiger charge is -2.17. The average molecular weight is 466 g/mol. The number of imide groups is 1. The molecule has 2 amide bonds. The van der Waals surface area contributed by atoms with Gasteiger partial charge in [0, 0.05) is 5.69 Å². The largest absolute Gasteiger partial charge is 0.494 e. The van der Waals surface area contributed by atoms with Gasteiger partial charge in [0.2, 0.25) is 0 Å². The highest BCUT2D eigenvalue weighted by molar-refractivity contribution is 6.46. The molecule has 0 atom stereocenters. The Hall–Kier alpha value is -4.07. The molecule has 34 heavy (non-hydrogen) atoms. The fourth-order valence-corrected chi connectivity index (χ4v) is 3.75. The number of rotatable bonds is 6. The van der Waals surface area contributed by atoms with Crippen LogP contribution in [0.5, 0.6) is 5.75 Å². The summed E-state index contributed by atoms with van der Waals surface area (Å²) in [5.74, 6) is -0.634. The highest BCUT2D eigenvalue weighted by Gasteiger charge is 2.41. The van der Waals surface area contributed by atoms with Crippen LogP contribution in [-0.4, -0.2) is 18.4 Å². The second-order valence-corrected chi connectivity index (χ2v) is 7.64. The van der Waals surface area contributed by atoms with Crippen molar-refractivity contribution < 1.29 is 27.5 Å². The van der Waals surface area contributed by atoms with E-state index in [0.717, 1.165) is 17.0 Å². The molecule has 1 aliphatic rings. The minimum Gasteiger partial charge on any atom is -0.494 e. The van der Waals surface area contributed by atoms with Gasteiger partial charge in [0.25, 0.3) is 11.8 Å². The van der Waals surface area contributed by atoms with Gasteiger partial charge in [0.15, 0.2) is 0 Å². The molecule has 0 bridgehead atoms. The molecule has 0 fully saturated rings. The molecule has 1 aliphatic heterocycles. The molecule has 1 N–H and O–H groups in total. The normalized spacial score (nSPS) is 14.1. The standard InChI is InChI=1S/C26H21F3N2O3/c1-3-34-20-13-11-17(12-14-20)22-23(30-19-9-6-8-18(15-19)26(27,28)29)25(33)31(24(22)32)21-10-5-4-7-16(21)2/h4-15,30H,3H2,1-2H3. The Kier molecular flexibility index (Phi) is 6.15. The second-order valence-electron chi connectivity index (χ2n) is 7.64. The lowest BCUT2D eigenvalue weighted by Crippen LogP contribution is -2.33. The average Bonchev–Trinajstić information content (AvgIpc) is 3.04. The maximum absolute atomic E-state index is 13.5. The number of anilines is 2. The predicted octanol–water partition coefficient (Wildman–Crippen LogP) is 5.81. The highest BCUT2D eigenvalue weighted by atomic mass is 19.4. The van der Waals surface area contributed by atoms with Gasteiger partial charge in [-0.3, -0.25) is 9.59 Å². The van der Waals surface area contributed by atoms with E-state index < -0.39 is 23.6 Å². The summed E-state index contributed by atoms with van der Waals surface area (Å²) in [5, 5.41) is 2.78. The molecule has 3 aromatic rings. The fraction of sp³-hybridized carbons (Fsp3) is 0.154. The SMILES string of the molecule is CCOc1ccc(C2=C(Nc3cccc(C(F)(F)F)c3)C(=O)N(c3ccccc3C)C2=O)cc1. The van der Waals surface area contributed by atoms with Crippen LogP contribution >= 0.6 is 0 Å². The number of carbonyl (C=O) groups is 2. The van der Waals surface area contributed by atoms with Crippen LogP contribution in [0.1, 0.15) is 23.6 Å². The number of nitrogens with zero attached hydrogens (tertiary/aromatic N) is 1. The zero-order valence-electron chi connectivity index (χ0n) is 18.4. The van der Waals surface area contributed by atoms with E-state index in [0.29, 0.717) is 29.2 Å². The van der Waals surface area contributed by atoms with Gasteiger partial charge in [0.1, 0.15) is 11.4 Å². The number of halogens is 3. The quantitative estimate of drug-likeness (QED) is 0.466. The molecule has 5 nitrogen and oxygen atoms in total. The Bertz CT molecular complexity index is 1280. The van der Waals surface area contributed by atoms with Crippen molar-refractivity contribution in [3.05, 3.63) is 95.2 Å². The van der Waals surface area contributed by atoms with Crippen LogP contribution in [-0.2, 0) is 15.8 Å². The summed E-state index contributed by atoms with van der Waals surface area (Å²) in [5.41, 5.74) is 0.685. The number of alkyl halides is 3. The summed E-state index contributed by atoms with van der Waals surface area (Å²) in [6, 6.07) is 18.0. The molecule has 0 radical (unpaired) electrons. The van der Waals surface area contributed by atoms with E-state index >= 15 is 0 Å². The number of hydrogen-bond donors (Lipinski definition) is 1. The summed E-state index contributed by atoms with van der Waals surface area (Å²) in [6.45, 7) is 4.07. The monoisotopic (exact) mass is 466 g/mol. The molecular weight excluding hydrogens is 445 g/mol. The Morgan fingerprint density at radius 1 is 0.912 bits per heavy atom. The van der Waals surface area contributed by atoms with E-state index in [1.807, 2.05) is 6.92 Å². The predicted molar refractivity (Wildman–Crippen MR) is 123 cm³/mol. The molecule has 1 heterocycles. The van der Waals surface area contributed by atoms with Gasteiger partial charge in [-0.05, 0) is 61.4 Å². The fourth-order valence-electron chi connectivity index (χ4n) is 3.75. The number of para-hydroxylation sites is 1. The third-order valence-corrected chi connectivity index (χ3v) is 5.35. The second kappa shape index (κ2) is 9.05. The number of hydrogen-bond acceptors (Lipinski definition) is 4. The topological polar surface area (TPSA) is 58.6 Å². The van der Waals surface area contributed by atoms with Crippen LogP contribution in [0.2, 0.25) is 0 Å². The van der Waals surface area contributed by atoms with E-state index in [9.17, 15) is 22.8 Å². The first kappa shape index (κ1) is 23.1. The number of carbonyl (C=O) groups excluding carboxylic acids is 2. The lowest BCUT2D eigenvalue weighted by molar-refractivity contribution is -0.137. The van der Waals surface area contributed by atoms with Crippen LogP contribution in [0.4, 0.5) is 24.5 Å². The van der Waals surface area contributed by atoms with Crippen LogP contribution in [0, 0.1) is 6.92 Å². The summed E-state index contributed by atoms with van der Waals surface area (Å²) in [4.78, 5) is 28.0. The van der Waals surface area contributed by atoms with Gasteiger partial charge >= 0.3 is 6.18 Å². The number of nitrogens with one attached hydrogen (secondary N) is 1. The van der Waals surface area contributed by atoms with Gasteiger partial charge in [0.05, 0.1) is 23.4 Å². The molecule has 0 saturated heterocycles. The maximum Gasteiger partial charge on any atom is 0.416 e. The van der Waals surface area contributed by atoms with Gasteiger partial charge < -0.3 is 10.1 Å². The van der Waals surface area contributed by atoms with E-state index in [-0.39, 0.29) is 17.0 Å². The van der Waals surface area contributed by atoms with Gasteiger partial charge in [-0.15, -0.1) is 0 Å². The third kappa shape index (κ3) is 4.39. The number of ether oxygens (including phenoxy) is 1. The minimum atomic E-state index is -4.55. The first-order chi connectivity index (χ1) is 16.2. The van der Waals surface area contributed by atoms with Crippen molar-refractivity contribution in [3.8, 4) is 5.75 Å². The Morgan fingerprint density at radius 2 is 1.62 bits per heavy atom. The molecule has 0 unspecified atom stereocenters. The van der Waals surface area contributed by atoms with E-state index in [2.05, 4.69) is 5.32 Å². The van der Waals surface area contributed by atoms with Crippen molar-refractivity contribution in [3.63, 3.8) is 0 Å². The van der Waals surface area contributed by atoms with E-state index in [1.165, 1.54) is 12.1 Å². The molecule has 4 rings (SSSR count). The number of amides is 2. The maximum atomic E-state index is 13.5. The molecular formula is C26H21F3N2O3. The van der Waals surface area contributed by atoms with Crippen LogP contribution in [0.25, 0.3) is 5.57 Å². The van der Waals surface area contributed by atoms with Crippen molar-refractivity contribution in [2.75, 3.05) is 16.8 Å². The molecule has 3 aromatic carbocycles. The van der Waals surface area contributed by atoms with Crippen molar-refractivity contribution in [2.45, 2.75) is 20.0 Å². The van der Waals surface area contributed by atoms with Gasteiger partial charge in [-0.2, -0.15) is 13.2 Å². The molecule has 174 valence electrons. The Labute approximate surface area is 194 Å². The van der Waals surface area contributed by atoms with Gasteiger partial charge in [-0.25, -0.2) is 4.90 Å². The summed E-state index contributed by atoms with van der Waals surface area (Å²) in [6.07, 6.45) is -4.55. The zero-order valence-corrected chi connectivity index (χ0v) is 18.4. The summed E-state index contributed by atoms with van der Waals surface area (Å²) >= 11 is 0. The lowest BCUT2D eigenvalue weighted by atomic mass is 10.0. The molecule has 0 aliphatic carbocycles. The Balaban J connectivity index is 1.81. The van der Waals surface area contributed by atoms with Crippen molar-refractivity contribution >= 4 is 28.8 Å². The molecule has 0 saturated carbocycles. The molecule has 0 aromatic heterocycles. The smallest absolute Gasteiger partial charge is 0.416 e.